The number of hydrogen-bond donors (Lipinski definition) is 2. The van der Waals surface area contributed by atoms with Crippen molar-refractivity contribution < 1.29 is 4.74 Å². The average Bonchev–Trinajstić information content (AvgIpc) is 2.54. The van der Waals surface area contributed by atoms with Crippen LogP contribution < -0.4 is 16.0 Å². The van der Waals surface area contributed by atoms with Crippen molar-refractivity contribution in [3.63, 3.8) is 0 Å². The standard InChI is InChI=1S/C19H31N3O/c1-14-12-22(13-15(2)23-14)19-9-7-18(8-10-19)21-11-16-3-5-17(20)6-4-16/h7-10,14-17,21H,3-6,11-13,20H2,1-2H3/t14-,15-,16-,17-/m1/s1. The highest BCUT2D eigenvalue weighted by atomic mass is 16.5. The van der Waals surface area contributed by atoms with E-state index in [1.807, 2.05) is 0 Å². The maximum absolute atomic E-state index is 5.98. The molecule has 0 radical (unpaired) electrons. The van der Waals surface area contributed by atoms with Gasteiger partial charge in [-0.3, -0.25) is 0 Å². The van der Waals surface area contributed by atoms with Crippen molar-refractivity contribution in [2.45, 2.75) is 57.8 Å². The second-order valence-corrected chi connectivity index (χ2v) is 7.37. The van der Waals surface area contributed by atoms with Gasteiger partial charge >= 0.3 is 0 Å². The highest BCUT2D eigenvalue weighted by molar-refractivity contribution is 5.55. The molecule has 4 heteroatoms. The molecule has 2 aliphatic rings. The fraction of sp³-hybridized carbons (Fsp3) is 0.684. The molecular weight excluding hydrogens is 286 g/mol. The van der Waals surface area contributed by atoms with Crippen molar-refractivity contribution in [3.05, 3.63) is 24.3 Å². The maximum Gasteiger partial charge on any atom is 0.0726 e. The third-order valence-corrected chi connectivity index (χ3v) is 5.14. The molecular formula is C19H31N3O. The van der Waals surface area contributed by atoms with Crippen molar-refractivity contribution in [3.8, 4) is 0 Å². The first-order valence-electron chi connectivity index (χ1n) is 9.10. The van der Waals surface area contributed by atoms with Gasteiger partial charge < -0.3 is 20.7 Å². The van der Waals surface area contributed by atoms with Gasteiger partial charge in [-0.2, -0.15) is 0 Å². The summed E-state index contributed by atoms with van der Waals surface area (Å²) in [6, 6.07) is 9.29. The third kappa shape index (κ3) is 4.61. The number of rotatable bonds is 4. The van der Waals surface area contributed by atoms with Gasteiger partial charge in [0.2, 0.25) is 0 Å². The number of benzene rings is 1. The minimum atomic E-state index is 0.300. The lowest BCUT2D eigenvalue weighted by Crippen LogP contribution is -2.45. The molecule has 23 heavy (non-hydrogen) atoms. The van der Waals surface area contributed by atoms with Gasteiger partial charge in [0.15, 0.2) is 0 Å². The van der Waals surface area contributed by atoms with E-state index in [4.69, 9.17) is 10.5 Å². The smallest absolute Gasteiger partial charge is 0.0726 e. The molecule has 3 N–H and O–H groups in total. The molecule has 1 aliphatic heterocycles. The third-order valence-electron chi connectivity index (χ3n) is 5.14. The molecule has 0 aromatic heterocycles. The largest absolute Gasteiger partial charge is 0.385 e. The van der Waals surface area contributed by atoms with Crippen LogP contribution in [0.25, 0.3) is 0 Å². The van der Waals surface area contributed by atoms with Crippen LogP contribution in [-0.2, 0) is 4.74 Å². The van der Waals surface area contributed by atoms with Crippen molar-refractivity contribution in [1.29, 1.82) is 0 Å². The van der Waals surface area contributed by atoms with E-state index in [0.29, 0.717) is 18.2 Å². The minimum absolute atomic E-state index is 0.300. The topological polar surface area (TPSA) is 50.5 Å². The summed E-state index contributed by atoms with van der Waals surface area (Å²) in [5.74, 6) is 0.774. The van der Waals surface area contributed by atoms with E-state index in [1.54, 1.807) is 0 Å². The van der Waals surface area contributed by atoms with E-state index in [-0.39, 0.29) is 0 Å². The second-order valence-electron chi connectivity index (χ2n) is 7.37. The van der Waals surface area contributed by atoms with Gasteiger partial charge in [0.1, 0.15) is 0 Å². The number of morpholine rings is 1. The number of nitrogens with one attached hydrogen (secondary N) is 1. The lowest BCUT2D eigenvalue weighted by Gasteiger charge is -2.37. The molecule has 0 spiro atoms. The van der Waals surface area contributed by atoms with Crippen LogP contribution in [0, 0.1) is 5.92 Å². The monoisotopic (exact) mass is 317 g/mol. The Morgan fingerprint density at radius 2 is 1.65 bits per heavy atom. The van der Waals surface area contributed by atoms with E-state index in [9.17, 15) is 0 Å². The zero-order valence-electron chi connectivity index (χ0n) is 14.5. The van der Waals surface area contributed by atoms with E-state index >= 15 is 0 Å². The van der Waals surface area contributed by atoms with E-state index in [0.717, 1.165) is 25.6 Å². The fourth-order valence-corrected chi connectivity index (χ4v) is 3.83. The maximum atomic E-state index is 5.98. The van der Waals surface area contributed by atoms with Gasteiger partial charge in [-0.1, -0.05) is 0 Å². The molecule has 128 valence electrons. The molecule has 2 fully saturated rings. The molecule has 1 saturated heterocycles. The second kappa shape index (κ2) is 7.54. The van der Waals surface area contributed by atoms with Gasteiger partial charge in [-0.15, -0.1) is 0 Å². The molecule has 3 rings (SSSR count). The summed E-state index contributed by atoms with van der Waals surface area (Å²) in [7, 11) is 0. The lowest BCUT2D eigenvalue weighted by molar-refractivity contribution is -0.00521. The molecule has 1 heterocycles. The predicted molar refractivity (Wildman–Crippen MR) is 97.1 cm³/mol. The van der Waals surface area contributed by atoms with Crippen LogP contribution in [0.5, 0.6) is 0 Å². The quantitative estimate of drug-likeness (QED) is 0.895. The van der Waals surface area contributed by atoms with Crippen LogP contribution >= 0.6 is 0 Å². The number of anilines is 2. The predicted octanol–water partition coefficient (Wildman–Crippen LogP) is 3.23. The Morgan fingerprint density at radius 3 is 2.26 bits per heavy atom. The summed E-state index contributed by atoms with van der Waals surface area (Å²) < 4.78 is 5.81. The summed E-state index contributed by atoms with van der Waals surface area (Å²) >= 11 is 0. The average molecular weight is 317 g/mol. The zero-order valence-corrected chi connectivity index (χ0v) is 14.5. The summed E-state index contributed by atoms with van der Waals surface area (Å²) in [5, 5.41) is 3.59. The van der Waals surface area contributed by atoms with E-state index < -0.39 is 0 Å². The summed E-state index contributed by atoms with van der Waals surface area (Å²) in [4.78, 5) is 2.42. The van der Waals surface area contributed by atoms with E-state index in [2.05, 4.69) is 48.3 Å². The number of ether oxygens (including phenoxy) is 1. The van der Waals surface area contributed by atoms with Gasteiger partial charge in [0.25, 0.3) is 0 Å². The normalized spacial score (nSPS) is 31.9. The van der Waals surface area contributed by atoms with Crippen molar-refractivity contribution in [2.24, 2.45) is 11.7 Å². The molecule has 4 nitrogen and oxygen atoms in total. The highest BCUT2D eigenvalue weighted by Crippen LogP contribution is 2.25. The lowest BCUT2D eigenvalue weighted by atomic mass is 9.86. The van der Waals surface area contributed by atoms with Crippen LogP contribution in [0.4, 0.5) is 11.4 Å². The van der Waals surface area contributed by atoms with Crippen molar-refractivity contribution in [1.82, 2.24) is 0 Å². The van der Waals surface area contributed by atoms with Gasteiger partial charge in [-0.05, 0) is 69.7 Å². The minimum Gasteiger partial charge on any atom is -0.385 e. The Bertz CT molecular complexity index is 472. The SMILES string of the molecule is C[C@@H]1CN(c2ccc(NC[C@H]3CC[C@H](N)CC3)cc2)C[C@@H](C)O1. The van der Waals surface area contributed by atoms with Crippen LogP contribution in [0.15, 0.2) is 24.3 Å². The van der Waals surface area contributed by atoms with Crippen LogP contribution in [0.3, 0.4) is 0 Å². The van der Waals surface area contributed by atoms with Gasteiger partial charge in [0, 0.05) is 37.1 Å². The molecule has 1 aromatic carbocycles. The number of nitrogens with zero attached hydrogens (tertiary/aromatic N) is 1. The molecule has 2 atom stereocenters. The summed E-state index contributed by atoms with van der Waals surface area (Å²) in [6.07, 6.45) is 5.48. The Hall–Kier alpha value is -1.26. The van der Waals surface area contributed by atoms with E-state index in [1.165, 1.54) is 37.1 Å². The number of nitrogens with two attached hydrogens (primary N) is 1. The molecule has 1 aromatic rings. The molecule has 0 bridgehead atoms. The number of hydrogen-bond acceptors (Lipinski definition) is 4. The molecule has 1 saturated carbocycles. The van der Waals surface area contributed by atoms with Crippen LogP contribution in [0.2, 0.25) is 0 Å². The van der Waals surface area contributed by atoms with Gasteiger partial charge in [0.05, 0.1) is 12.2 Å². The van der Waals surface area contributed by atoms with Crippen LogP contribution in [0.1, 0.15) is 39.5 Å². The fourth-order valence-electron chi connectivity index (χ4n) is 3.83. The Labute approximate surface area is 140 Å². The first-order valence-corrected chi connectivity index (χ1v) is 9.10. The highest BCUT2D eigenvalue weighted by Gasteiger charge is 2.22. The van der Waals surface area contributed by atoms with Crippen molar-refractivity contribution >= 4 is 11.4 Å². The molecule has 0 unspecified atom stereocenters. The molecule has 0 amide bonds. The van der Waals surface area contributed by atoms with Crippen molar-refractivity contribution in [2.75, 3.05) is 29.9 Å². The summed E-state index contributed by atoms with van der Waals surface area (Å²) in [6.45, 7) is 7.31. The Morgan fingerprint density at radius 1 is 1.04 bits per heavy atom. The summed E-state index contributed by atoms with van der Waals surface area (Å²) in [5.41, 5.74) is 8.49. The first kappa shape index (κ1) is 16.6. The van der Waals surface area contributed by atoms with Crippen LogP contribution in [-0.4, -0.2) is 37.9 Å². The van der Waals surface area contributed by atoms with Gasteiger partial charge in [-0.25, -0.2) is 0 Å². The zero-order chi connectivity index (χ0) is 16.2. The Kier molecular flexibility index (Phi) is 5.44. The Balaban J connectivity index is 1.51. The molecule has 1 aliphatic carbocycles. The first-order chi connectivity index (χ1) is 11.1.